The molecule has 7 heteroatoms. The summed E-state index contributed by atoms with van der Waals surface area (Å²) < 4.78 is 19.8. The third kappa shape index (κ3) is 3.71. The molecule has 2 heterocycles. The van der Waals surface area contributed by atoms with E-state index in [4.69, 9.17) is 27.9 Å². The summed E-state index contributed by atoms with van der Waals surface area (Å²) in [5.74, 6) is -0.0606. The van der Waals surface area contributed by atoms with Crippen LogP contribution in [0.4, 0.5) is 10.1 Å². The molecule has 28 heavy (non-hydrogen) atoms. The molecular weight excluding hydrogens is 402 g/mol. The minimum Gasteiger partial charge on any atom is -0.459 e. The van der Waals surface area contributed by atoms with Gasteiger partial charge in [0.15, 0.2) is 0 Å². The first-order chi connectivity index (χ1) is 13.4. The van der Waals surface area contributed by atoms with Crippen molar-refractivity contribution in [3.8, 4) is 0 Å². The number of rotatable bonds is 6. The minimum absolute atomic E-state index is 0.120. The Morgan fingerprint density at radius 1 is 1.21 bits per heavy atom. The van der Waals surface area contributed by atoms with Crippen LogP contribution in [0, 0.1) is 5.82 Å². The molecule has 2 aromatic carbocycles. The van der Waals surface area contributed by atoms with E-state index < -0.39 is 5.60 Å². The first-order valence-electron chi connectivity index (χ1n) is 9.20. The molecule has 0 unspecified atom stereocenters. The van der Waals surface area contributed by atoms with E-state index >= 15 is 0 Å². The van der Waals surface area contributed by atoms with E-state index in [-0.39, 0.29) is 11.7 Å². The van der Waals surface area contributed by atoms with Crippen molar-refractivity contribution in [2.75, 3.05) is 31.1 Å². The number of nitrogens with zero attached hydrogens (tertiary/aromatic N) is 2. The van der Waals surface area contributed by atoms with Crippen LogP contribution in [0.1, 0.15) is 24.0 Å². The highest BCUT2D eigenvalue weighted by Crippen LogP contribution is 2.40. The normalized spacial score (nSPS) is 19.1. The molecule has 0 radical (unpaired) electrons. The average Bonchev–Trinajstić information content (AvgIpc) is 2.56. The predicted octanol–water partition coefficient (Wildman–Crippen LogP) is 4.48. The zero-order valence-electron chi connectivity index (χ0n) is 15.5. The van der Waals surface area contributed by atoms with Gasteiger partial charge in [-0.1, -0.05) is 41.4 Å². The van der Waals surface area contributed by atoms with E-state index in [9.17, 15) is 9.18 Å². The Hall–Kier alpha value is -1.82. The molecule has 0 aliphatic carbocycles. The maximum Gasteiger partial charge on any atom is 0.293 e. The molecule has 2 saturated heterocycles. The van der Waals surface area contributed by atoms with Crippen LogP contribution in [0.2, 0.25) is 10.0 Å². The summed E-state index contributed by atoms with van der Waals surface area (Å²) in [7, 11) is 0. The minimum atomic E-state index is -0.421. The zero-order valence-corrected chi connectivity index (χ0v) is 17.0. The largest absolute Gasteiger partial charge is 0.459 e. The van der Waals surface area contributed by atoms with Gasteiger partial charge >= 0.3 is 0 Å². The number of para-hydroxylation sites is 1. The fraction of sp³-hybridized carbons (Fsp3) is 0.381. The van der Waals surface area contributed by atoms with Crippen molar-refractivity contribution < 1.29 is 13.9 Å². The summed E-state index contributed by atoms with van der Waals surface area (Å²) in [6, 6.07) is 10.9. The van der Waals surface area contributed by atoms with Gasteiger partial charge in [0.05, 0.1) is 15.7 Å². The van der Waals surface area contributed by atoms with Gasteiger partial charge < -0.3 is 9.64 Å². The molecule has 0 bridgehead atoms. The SMILES string of the molecule is CC1(OC=O)CN(Cc2ccc(C3CN(c4c(Cl)cccc4Cl)C3)c(F)c2)C1. The van der Waals surface area contributed by atoms with E-state index in [1.54, 1.807) is 6.07 Å². The van der Waals surface area contributed by atoms with Crippen LogP contribution >= 0.6 is 23.2 Å². The van der Waals surface area contributed by atoms with Crippen molar-refractivity contribution in [2.24, 2.45) is 0 Å². The highest BCUT2D eigenvalue weighted by Gasteiger charge is 2.40. The molecule has 0 amide bonds. The highest BCUT2D eigenvalue weighted by molar-refractivity contribution is 6.39. The van der Waals surface area contributed by atoms with Crippen LogP contribution in [0.25, 0.3) is 0 Å². The number of hydrogen-bond acceptors (Lipinski definition) is 4. The zero-order chi connectivity index (χ0) is 19.9. The van der Waals surface area contributed by atoms with Crippen LogP contribution in [0.5, 0.6) is 0 Å². The van der Waals surface area contributed by atoms with Gasteiger partial charge in [-0.15, -0.1) is 0 Å². The Balaban J connectivity index is 1.37. The van der Waals surface area contributed by atoms with E-state index in [1.165, 1.54) is 0 Å². The van der Waals surface area contributed by atoms with Gasteiger partial charge in [-0.2, -0.15) is 0 Å². The Labute approximate surface area is 173 Å². The lowest BCUT2D eigenvalue weighted by molar-refractivity contribution is -0.161. The second-order valence-electron chi connectivity index (χ2n) is 7.84. The second-order valence-corrected chi connectivity index (χ2v) is 8.65. The van der Waals surface area contributed by atoms with Crippen LogP contribution in [0.15, 0.2) is 36.4 Å². The van der Waals surface area contributed by atoms with Crippen molar-refractivity contribution in [3.63, 3.8) is 0 Å². The van der Waals surface area contributed by atoms with E-state index in [0.29, 0.717) is 49.2 Å². The molecule has 4 nitrogen and oxygen atoms in total. The summed E-state index contributed by atoms with van der Waals surface area (Å²) >= 11 is 12.5. The van der Waals surface area contributed by atoms with E-state index in [2.05, 4.69) is 9.80 Å². The lowest BCUT2D eigenvalue weighted by Gasteiger charge is -2.46. The number of likely N-dealkylation sites (tertiary alicyclic amines) is 1. The molecule has 0 aromatic heterocycles. The van der Waals surface area contributed by atoms with Crippen LogP contribution < -0.4 is 4.90 Å². The number of carbonyl (C=O) groups excluding carboxylic acids is 1. The lowest BCUT2D eigenvalue weighted by Crippen LogP contribution is -2.60. The molecule has 148 valence electrons. The molecule has 0 spiro atoms. The lowest BCUT2D eigenvalue weighted by atomic mass is 9.89. The predicted molar refractivity (Wildman–Crippen MR) is 109 cm³/mol. The number of anilines is 1. The summed E-state index contributed by atoms with van der Waals surface area (Å²) in [5, 5.41) is 1.23. The standard InChI is InChI=1S/C21H21Cl2FN2O2/c1-21(28-13-27)11-25(12-21)8-14-5-6-16(19(24)7-14)15-9-26(10-15)20-17(22)3-2-4-18(20)23/h2-7,13,15H,8-12H2,1H3. The Morgan fingerprint density at radius 2 is 1.89 bits per heavy atom. The fourth-order valence-corrected chi connectivity index (χ4v) is 4.75. The Kier molecular flexibility index (Phi) is 5.25. The topological polar surface area (TPSA) is 32.8 Å². The van der Waals surface area contributed by atoms with E-state index in [0.717, 1.165) is 16.8 Å². The monoisotopic (exact) mass is 422 g/mol. The van der Waals surface area contributed by atoms with Gasteiger partial charge in [-0.05, 0) is 36.2 Å². The summed E-state index contributed by atoms with van der Waals surface area (Å²) in [4.78, 5) is 14.7. The maximum atomic E-state index is 14.7. The molecule has 0 saturated carbocycles. The maximum absolute atomic E-state index is 14.7. The molecular formula is C21H21Cl2FN2O2. The number of benzene rings is 2. The number of carbonyl (C=O) groups is 1. The second kappa shape index (κ2) is 7.54. The third-order valence-corrected chi connectivity index (χ3v) is 6.10. The van der Waals surface area contributed by atoms with Gasteiger partial charge in [-0.3, -0.25) is 9.69 Å². The first-order valence-corrected chi connectivity index (χ1v) is 9.95. The first kappa shape index (κ1) is 19.5. The molecule has 2 aliphatic heterocycles. The molecule has 0 atom stereocenters. The van der Waals surface area contributed by atoms with Crippen molar-refractivity contribution in [1.29, 1.82) is 0 Å². The third-order valence-electron chi connectivity index (χ3n) is 5.49. The van der Waals surface area contributed by atoms with Gasteiger partial charge in [-0.25, -0.2) is 4.39 Å². The van der Waals surface area contributed by atoms with Gasteiger partial charge in [0.1, 0.15) is 11.4 Å². The van der Waals surface area contributed by atoms with Crippen LogP contribution in [0.3, 0.4) is 0 Å². The summed E-state index contributed by atoms with van der Waals surface area (Å²) in [6.07, 6.45) is 0. The molecule has 2 aliphatic rings. The quantitative estimate of drug-likeness (QED) is 0.642. The Morgan fingerprint density at radius 3 is 2.50 bits per heavy atom. The number of hydrogen-bond donors (Lipinski definition) is 0. The summed E-state index contributed by atoms with van der Waals surface area (Å²) in [5.41, 5.74) is 2.04. The van der Waals surface area contributed by atoms with Crippen molar-refractivity contribution in [1.82, 2.24) is 4.90 Å². The molecule has 4 rings (SSSR count). The highest BCUT2D eigenvalue weighted by atomic mass is 35.5. The van der Waals surface area contributed by atoms with Crippen molar-refractivity contribution >= 4 is 35.4 Å². The van der Waals surface area contributed by atoms with Crippen molar-refractivity contribution in [2.45, 2.75) is 25.0 Å². The molecule has 2 fully saturated rings. The number of halogens is 3. The van der Waals surface area contributed by atoms with Gasteiger partial charge in [0.2, 0.25) is 0 Å². The molecule has 0 N–H and O–H groups in total. The summed E-state index contributed by atoms with van der Waals surface area (Å²) in [6.45, 7) is 5.72. The fourth-order valence-electron chi connectivity index (χ4n) is 4.11. The van der Waals surface area contributed by atoms with Crippen molar-refractivity contribution in [3.05, 3.63) is 63.4 Å². The smallest absolute Gasteiger partial charge is 0.293 e. The molecule has 2 aromatic rings. The van der Waals surface area contributed by atoms with Gasteiger partial charge in [0, 0.05) is 38.6 Å². The van der Waals surface area contributed by atoms with Crippen LogP contribution in [-0.2, 0) is 16.1 Å². The Bertz CT molecular complexity index is 876. The van der Waals surface area contributed by atoms with Gasteiger partial charge in [0.25, 0.3) is 6.47 Å². The number of ether oxygens (including phenoxy) is 1. The van der Waals surface area contributed by atoms with E-state index in [1.807, 2.05) is 37.3 Å². The van der Waals surface area contributed by atoms with Crippen LogP contribution in [-0.4, -0.2) is 43.2 Å². The average molecular weight is 423 g/mol.